The molecule has 108 valence electrons. The van der Waals surface area contributed by atoms with E-state index in [0.29, 0.717) is 0 Å². The number of hydrogen-bond acceptors (Lipinski definition) is 4. The Labute approximate surface area is 133 Å². The van der Waals surface area contributed by atoms with Crippen LogP contribution in [0.15, 0.2) is 25.3 Å². The summed E-state index contributed by atoms with van der Waals surface area (Å²) in [7, 11) is 0. The van der Waals surface area contributed by atoms with Crippen molar-refractivity contribution in [2.24, 2.45) is 0 Å². The number of carbonyl (C=O) groups is 2. The second-order valence-electron chi connectivity index (χ2n) is 5.48. The quantitative estimate of drug-likeness (QED) is 0.423. The largest absolute Gasteiger partial charge is 0.457 e. The van der Waals surface area contributed by atoms with Crippen LogP contribution in [0.5, 0.6) is 0 Å². The Morgan fingerprint density at radius 2 is 1.00 bits per heavy atom. The van der Waals surface area contributed by atoms with Crippen molar-refractivity contribution < 1.29 is 19.1 Å². The molecule has 4 radical (unpaired) electrons. The first-order valence-electron chi connectivity index (χ1n) is 5.62. The van der Waals surface area contributed by atoms with Gasteiger partial charge in [0.15, 0.2) is 0 Å². The van der Waals surface area contributed by atoms with Gasteiger partial charge in [0.1, 0.15) is 11.2 Å². The van der Waals surface area contributed by atoms with Crippen LogP contribution in [0.25, 0.3) is 0 Å². The van der Waals surface area contributed by atoms with Crippen molar-refractivity contribution in [1.82, 2.24) is 0 Å². The van der Waals surface area contributed by atoms with Crippen molar-refractivity contribution in [2.45, 2.75) is 52.7 Å². The van der Waals surface area contributed by atoms with Gasteiger partial charge in [-0.15, -0.1) is 0 Å². The van der Waals surface area contributed by atoms with Crippen molar-refractivity contribution in [1.29, 1.82) is 0 Å². The van der Waals surface area contributed by atoms with Gasteiger partial charge in [0.05, 0.1) is 0 Å². The van der Waals surface area contributed by atoms with Crippen LogP contribution in [-0.4, -0.2) is 47.0 Å². The molecule has 0 amide bonds. The van der Waals surface area contributed by atoms with Gasteiger partial charge in [0, 0.05) is 36.1 Å². The Morgan fingerprint density at radius 1 is 0.789 bits per heavy atom. The maximum absolute atomic E-state index is 10.5. The summed E-state index contributed by atoms with van der Waals surface area (Å²) in [6, 6.07) is 0. The predicted octanol–water partition coefficient (Wildman–Crippen LogP) is 2.65. The third-order valence-corrected chi connectivity index (χ3v) is 1.15. The van der Waals surface area contributed by atoms with Gasteiger partial charge in [-0.3, -0.25) is 0 Å². The normalized spacial score (nSPS) is 10.0. The molecule has 5 heteroatoms. The summed E-state index contributed by atoms with van der Waals surface area (Å²) >= 11 is 0. The summed E-state index contributed by atoms with van der Waals surface area (Å²) in [5, 5.41) is 0. The third-order valence-electron chi connectivity index (χ3n) is 1.15. The summed E-state index contributed by atoms with van der Waals surface area (Å²) in [6.07, 6.45) is 2.32. The first kappa shape index (κ1) is 23.3. The molecule has 0 aliphatic carbocycles. The van der Waals surface area contributed by atoms with Gasteiger partial charge in [0.25, 0.3) is 0 Å². The maximum Gasteiger partial charge on any atom is 0.330 e. The Bertz CT molecular complexity index is 276. The Morgan fingerprint density at radius 3 is 1.05 bits per heavy atom. The molecular formula is C14H24O4Sn. The molecule has 0 N–H and O–H groups in total. The number of rotatable bonds is 2. The topological polar surface area (TPSA) is 52.6 Å². The monoisotopic (exact) mass is 376 g/mol. The maximum atomic E-state index is 10.5. The minimum Gasteiger partial charge on any atom is -0.457 e. The van der Waals surface area contributed by atoms with Crippen LogP contribution >= 0.6 is 0 Å². The van der Waals surface area contributed by atoms with Gasteiger partial charge in [-0.2, -0.15) is 0 Å². The number of ether oxygens (including phenoxy) is 2. The Kier molecular flexibility index (Phi) is 12.3. The van der Waals surface area contributed by atoms with Gasteiger partial charge in [-0.05, 0) is 41.5 Å². The standard InChI is InChI=1S/2C7H12O2.Sn/c2*1-5-6(8)9-7(2,3)4;/h2*5H,1H2,2-4H3;. The van der Waals surface area contributed by atoms with Gasteiger partial charge in [-0.1, -0.05) is 13.2 Å². The summed E-state index contributed by atoms with van der Waals surface area (Å²) in [4.78, 5) is 21.0. The van der Waals surface area contributed by atoms with Crippen molar-refractivity contribution in [3.63, 3.8) is 0 Å². The third kappa shape index (κ3) is 22.8. The molecule has 0 heterocycles. The second kappa shape index (κ2) is 10.1. The molecule has 0 aromatic heterocycles. The SMILES string of the molecule is C=CC(=O)OC(C)(C)C.C=CC(=O)OC(C)(C)C.[Sn]. The molecule has 0 aromatic rings. The van der Waals surface area contributed by atoms with E-state index in [4.69, 9.17) is 9.47 Å². The fraction of sp³-hybridized carbons (Fsp3) is 0.571. The molecule has 0 unspecified atom stereocenters. The number of hydrogen-bond donors (Lipinski definition) is 0. The zero-order valence-corrected chi connectivity index (χ0v) is 15.6. The molecule has 0 bridgehead atoms. The summed E-state index contributed by atoms with van der Waals surface area (Å²) in [6.45, 7) is 17.4. The van der Waals surface area contributed by atoms with Gasteiger partial charge in [-0.25, -0.2) is 9.59 Å². The Balaban J connectivity index is -0.000000256. The van der Waals surface area contributed by atoms with Gasteiger partial charge >= 0.3 is 11.9 Å². The molecule has 0 aliphatic heterocycles. The van der Waals surface area contributed by atoms with Crippen LogP contribution in [0.4, 0.5) is 0 Å². The van der Waals surface area contributed by atoms with Crippen molar-refractivity contribution in [3.05, 3.63) is 25.3 Å². The van der Waals surface area contributed by atoms with E-state index in [9.17, 15) is 9.59 Å². The van der Waals surface area contributed by atoms with E-state index >= 15 is 0 Å². The summed E-state index contributed by atoms with van der Waals surface area (Å²) in [5.41, 5.74) is -0.795. The molecule has 0 rings (SSSR count). The zero-order valence-electron chi connectivity index (χ0n) is 12.7. The van der Waals surface area contributed by atoms with E-state index in [2.05, 4.69) is 13.2 Å². The minimum absolute atomic E-state index is 0. The van der Waals surface area contributed by atoms with Crippen molar-refractivity contribution in [3.8, 4) is 0 Å². The van der Waals surface area contributed by atoms with Crippen LogP contribution in [-0.2, 0) is 19.1 Å². The first-order chi connectivity index (χ1) is 7.91. The predicted molar refractivity (Wildman–Crippen MR) is 77.8 cm³/mol. The molecule has 0 saturated heterocycles. The van der Waals surface area contributed by atoms with E-state index in [1.54, 1.807) is 0 Å². The van der Waals surface area contributed by atoms with Crippen LogP contribution in [0, 0.1) is 0 Å². The van der Waals surface area contributed by atoms with E-state index < -0.39 is 11.2 Å². The van der Waals surface area contributed by atoms with E-state index in [1.165, 1.54) is 0 Å². The molecule has 0 fully saturated rings. The average Bonchev–Trinajstić information content (AvgIpc) is 2.13. The molecule has 0 aromatic carbocycles. The molecule has 4 nitrogen and oxygen atoms in total. The van der Waals surface area contributed by atoms with Crippen LogP contribution in [0.2, 0.25) is 0 Å². The molecule has 19 heavy (non-hydrogen) atoms. The Hall–Kier alpha value is -0.781. The number of esters is 2. The van der Waals surface area contributed by atoms with Crippen molar-refractivity contribution >= 4 is 35.8 Å². The van der Waals surface area contributed by atoms with Crippen LogP contribution in [0.1, 0.15) is 41.5 Å². The fourth-order valence-corrected chi connectivity index (χ4v) is 0.687. The summed E-state index contributed by atoms with van der Waals surface area (Å²) in [5.74, 6) is -0.745. The summed E-state index contributed by atoms with van der Waals surface area (Å²) < 4.78 is 9.66. The number of carbonyl (C=O) groups excluding carboxylic acids is 2. The van der Waals surface area contributed by atoms with Gasteiger partial charge < -0.3 is 9.47 Å². The minimum atomic E-state index is -0.398. The molecular weight excluding hydrogens is 351 g/mol. The van der Waals surface area contributed by atoms with E-state index in [-0.39, 0.29) is 35.8 Å². The molecule has 0 saturated carbocycles. The second-order valence-corrected chi connectivity index (χ2v) is 5.48. The van der Waals surface area contributed by atoms with E-state index in [1.807, 2.05) is 41.5 Å². The fourth-order valence-electron chi connectivity index (χ4n) is 0.687. The molecule has 0 spiro atoms. The van der Waals surface area contributed by atoms with Gasteiger partial charge in [0.2, 0.25) is 0 Å². The average molecular weight is 375 g/mol. The van der Waals surface area contributed by atoms with Crippen LogP contribution in [0.3, 0.4) is 0 Å². The zero-order chi connectivity index (χ0) is 15.0. The molecule has 0 aliphatic rings. The van der Waals surface area contributed by atoms with Crippen molar-refractivity contribution in [2.75, 3.05) is 0 Å². The first-order valence-corrected chi connectivity index (χ1v) is 5.62. The smallest absolute Gasteiger partial charge is 0.330 e. The van der Waals surface area contributed by atoms with E-state index in [0.717, 1.165) is 12.2 Å². The molecule has 0 atom stereocenters. The van der Waals surface area contributed by atoms with Crippen LogP contribution < -0.4 is 0 Å².